The number of amides is 1. The lowest BCUT2D eigenvalue weighted by Gasteiger charge is -2.07. The molecule has 0 aliphatic carbocycles. The lowest BCUT2D eigenvalue weighted by atomic mass is 10.1. The lowest BCUT2D eigenvalue weighted by molar-refractivity contribution is -0.113. The maximum Gasteiger partial charge on any atom is 0.277 e. The molecule has 0 spiro atoms. The van der Waals surface area contributed by atoms with Gasteiger partial charge in [0.05, 0.1) is 26.5 Å². The Bertz CT molecular complexity index is 962. The van der Waals surface area contributed by atoms with Crippen molar-refractivity contribution in [2.75, 3.05) is 11.1 Å². The molecule has 0 bridgehead atoms. The van der Waals surface area contributed by atoms with Crippen LogP contribution in [0, 0.1) is 6.92 Å². The first-order valence-corrected chi connectivity index (χ1v) is 9.52. The highest BCUT2D eigenvalue weighted by atomic mass is 35.5. The Balaban J connectivity index is 1.61. The number of rotatable bonds is 5. The van der Waals surface area contributed by atoms with Gasteiger partial charge in [-0.25, -0.2) is 0 Å². The van der Waals surface area contributed by atoms with Crippen molar-refractivity contribution < 1.29 is 9.21 Å². The number of thioether (sulfide) groups is 1. The van der Waals surface area contributed by atoms with Gasteiger partial charge in [0, 0.05) is 5.56 Å². The molecule has 134 valence electrons. The van der Waals surface area contributed by atoms with Gasteiger partial charge in [0.1, 0.15) is 0 Å². The van der Waals surface area contributed by atoms with Gasteiger partial charge in [-0.15, -0.1) is 10.2 Å². The van der Waals surface area contributed by atoms with Crippen molar-refractivity contribution in [2.24, 2.45) is 0 Å². The monoisotopic (exact) mass is 427 g/mol. The highest BCUT2D eigenvalue weighted by molar-refractivity contribution is 7.99. The maximum absolute atomic E-state index is 12.1. The zero-order valence-electron chi connectivity index (χ0n) is 13.4. The Morgan fingerprint density at radius 1 is 1.12 bits per heavy atom. The Hall–Kier alpha value is -1.73. The number of hydrogen-bond donors (Lipinski definition) is 1. The highest BCUT2D eigenvalue weighted by Gasteiger charge is 2.13. The highest BCUT2D eigenvalue weighted by Crippen LogP contribution is 2.32. The van der Waals surface area contributed by atoms with Crippen molar-refractivity contribution in [1.82, 2.24) is 10.2 Å². The molecule has 2 aromatic carbocycles. The summed E-state index contributed by atoms with van der Waals surface area (Å²) in [7, 11) is 0. The first kappa shape index (κ1) is 19.0. The molecule has 0 aliphatic rings. The van der Waals surface area contributed by atoms with Crippen LogP contribution < -0.4 is 5.32 Å². The molecule has 1 amide bonds. The quantitative estimate of drug-likeness (QED) is 0.415. The first-order valence-electron chi connectivity index (χ1n) is 7.40. The van der Waals surface area contributed by atoms with Crippen LogP contribution in [0.5, 0.6) is 0 Å². The normalized spacial score (nSPS) is 10.8. The fraction of sp³-hybridized carbons (Fsp3) is 0.118. The van der Waals surface area contributed by atoms with Gasteiger partial charge in [-0.2, -0.15) is 0 Å². The third kappa shape index (κ3) is 4.71. The van der Waals surface area contributed by atoms with Gasteiger partial charge in [-0.05, 0) is 31.2 Å². The minimum absolute atomic E-state index is 0.0754. The number of carbonyl (C=O) groups excluding carboxylic acids is 1. The summed E-state index contributed by atoms with van der Waals surface area (Å²) in [6, 6.07) is 10.7. The zero-order chi connectivity index (χ0) is 18.7. The fourth-order valence-corrected chi connectivity index (χ4v) is 3.25. The van der Waals surface area contributed by atoms with Gasteiger partial charge in [-0.1, -0.05) is 64.3 Å². The van der Waals surface area contributed by atoms with Gasteiger partial charge in [0.25, 0.3) is 5.22 Å². The van der Waals surface area contributed by atoms with E-state index in [9.17, 15) is 4.79 Å². The summed E-state index contributed by atoms with van der Waals surface area (Å²) in [5.41, 5.74) is 2.31. The molecule has 0 atom stereocenters. The third-order valence-corrected chi connectivity index (χ3v) is 5.14. The molecule has 1 aromatic heterocycles. The number of hydrogen-bond acceptors (Lipinski definition) is 5. The fourth-order valence-electron chi connectivity index (χ4n) is 2.09. The number of aryl methyl sites for hydroxylation is 1. The smallest absolute Gasteiger partial charge is 0.277 e. The molecule has 5 nitrogen and oxygen atoms in total. The second-order valence-corrected chi connectivity index (χ2v) is 7.47. The van der Waals surface area contributed by atoms with Crippen LogP contribution in [-0.4, -0.2) is 21.9 Å². The van der Waals surface area contributed by atoms with Crippen LogP contribution in [0.2, 0.25) is 15.1 Å². The molecule has 9 heteroatoms. The van der Waals surface area contributed by atoms with E-state index in [1.165, 1.54) is 12.1 Å². The Labute approximate surface area is 169 Å². The van der Waals surface area contributed by atoms with Crippen molar-refractivity contribution >= 4 is 58.2 Å². The molecule has 0 unspecified atom stereocenters. The predicted octanol–water partition coefficient (Wildman–Crippen LogP) is 5.74. The minimum atomic E-state index is -0.286. The van der Waals surface area contributed by atoms with Crippen LogP contribution in [0.15, 0.2) is 46.0 Å². The van der Waals surface area contributed by atoms with E-state index in [-0.39, 0.29) is 11.7 Å². The number of nitrogens with one attached hydrogen (secondary N) is 1. The number of aromatic nitrogens is 2. The summed E-state index contributed by atoms with van der Waals surface area (Å²) >= 11 is 19.0. The molecule has 26 heavy (non-hydrogen) atoms. The number of benzene rings is 2. The van der Waals surface area contributed by atoms with Gasteiger partial charge in [0.2, 0.25) is 11.8 Å². The van der Waals surface area contributed by atoms with E-state index in [2.05, 4.69) is 15.5 Å². The molecule has 3 aromatic rings. The van der Waals surface area contributed by atoms with Crippen molar-refractivity contribution in [3.05, 3.63) is 57.0 Å². The molecule has 1 N–H and O–H groups in total. The van der Waals surface area contributed by atoms with E-state index in [4.69, 9.17) is 39.2 Å². The standard InChI is InChI=1S/C17H12Cl3N3O2S/c1-9-3-2-4-10(5-9)16-22-23-17(25-16)26-8-15(24)21-14-7-12(19)11(18)6-13(14)20/h2-7H,8H2,1H3,(H,21,24). The summed E-state index contributed by atoms with van der Waals surface area (Å²) in [5, 5.41) is 11.8. The third-order valence-electron chi connectivity index (χ3n) is 3.28. The molecular formula is C17H12Cl3N3O2S. The van der Waals surface area contributed by atoms with Crippen LogP contribution in [0.3, 0.4) is 0 Å². The molecule has 0 fully saturated rings. The van der Waals surface area contributed by atoms with E-state index < -0.39 is 0 Å². The molecular weight excluding hydrogens is 417 g/mol. The number of anilines is 1. The molecule has 0 saturated carbocycles. The van der Waals surface area contributed by atoms with Crippen LogP contribution in [0.25, 0.3) is 11.5 Å². The number of halogens is 3. The van der Waals surface area contributed by atoms with Crippen molar-refractivity contribution in [1.29, 1.82) is 0 Å². The SMILES string of the molecule is Cc1cccc(-c2nnc(SCC(=O)Nc3cc(Cl)c(Cl)cc3Cl)o2)c1. The largest absolute Gasteiger partial charge is 0.411 e. The topological polar surface area (TPSA) is 68.0 Å². The Morgan fingerprint density at radius 2 is 1.88 bits per heavy atom. The van der Waals surface area contributed by atoms with E-state index in [0.29, 0.717) is 31.9 Å². The van der Waals surface area contributed by atoms with Crippen LogP contribution >= 0.6 is 46.6 Å². The van der Waals surface area contributed by atoms with Crippen LogP contribution in [0.4, 0.5) is 5.69 Å². The van der Waals surface area contributed by atoms with E-state index in [0.717, 1.165) is 22.9 Å². The molecule has 3 rings (SSSR count). The van der Waals surface area contributed by atoms with Crippen LogP contribution in [-0.2, 0) is 4.79 Å². The van der Waals surface area contributed by atoms with E-state index >= 15 is 0 Å². The van der Waals surface area contributed by atoms with Crippen LogP contribution in [0.1, 0.15) is 5.56 Å². The summed E-state index contributed by atoms with van der Waals surface area (Å²) in [4.78, 5) is 12.1. The van der Waals surface area contributed by atoms with Gasteiger partial charge < -0.3 is 9.73 Å². The second-order valence-electron chi connectivity index (χ2n) is 5.33. The molecule has 0 aliphatic heterocycles. The van der Waals surface area contributed by atoms with Crippen molar-refractivity contribution in [3.8, 4) is 11.5 Å². The maximum atomic E-state index is 12.1. The Kier molecular flexibility index (Phi) is 6.09. The lowest BCUT2D eigenvalue weighted by Crippen LogP contribution is -2.14. The average Bonchev–Trinajstić information content (AvgIpc) is 3.07. The number of nitrogens with zero attached hydrogens (tertiary/aromatic N) is 2. The number of carbonyl (C=O) groups is 1. The molecule has 1 heterocycles. The summed E-state index contributed by atoms with van der Waals surface area (Å²) in [5.74, 6) is 0.196. The Morgan fingerprint density at radius 3 is 2.65 bits per heavy atom. The predicted molar refractivity (Wildman–Crippen MR) is 105 cm³/mol. The summed E-state index contributed by atoms with van der Waals surface area (Å²) < 4.78 is 5.58. The first-order chi connectivity index (χ1) is 12.4. The van der Waals surface area contributed by atoms with Gasteiger partial charge >= 0.3 is 0 Å². The average molecular weight is 429 g/mol. The molecule has 0 radical (unpaired) electrons. The van der Waals surface area contributed by atoms with E-state index in [1.807, 2.05) is 31.2 Å². The van der Waals surface area contributed by atoms with Crippen molar-refractivity contribution in [3.63, 3.8) is 0 Å². The summed E-state index contributed by atoms with van der Waals surface area (Å²) in [6.07, 6.45) is 0. The minimum Gasteiger partial charge on any atom is -0.411 e. The van der Waals surface area contributed by atoms with Gasteiger partial charge in [0.15, 0.2) is 0 Å². The van der Waals surface area contributed by atoms with Crippen molar-refractivity contribution in [2.45, 2.75) is 12.1 Å². The van der Waals surface area contributed by atoms with E-state index in [1.54, 1.807) is 0 Å². The molecule has 0 saturated heterocycles. The zero-order valence-corrected chi connectivity index (χ0v) is 16.5. The summed E-state index contributed by atoms with van der Waals surface area (Å²) in [6.45, 7) is 1.98. The second kappa shape index (κ2) is 8.31. The van der Waals surface area contributed by atoms with Gasteiger partial charge in [-0.3, -0.25) is 4.79 Å².